The number of benzene rings is 1. The van der Waals surface area contributed by atoms with Gasteiger partial charge in [-0.3, -0.25) is 14.9 Å². The lowest BCUT2D eigenvalue weighted by atomic mass is 10.0. The van der Waals surface area contributed by atoms with Gasteiger partial charge >= 0.3 is 0 Å². The number of nitro groups is 1. The number of rotatable bonds is 2. The molecular formula is C10H8N2O3. The molecule has 1 aromatic carbocycles. The lowest BCUT2D eigenvalue weighted by Crippen LogP contribution is -2.02. The van der Waals surface area contributed by atoms with Crippen LogP contribution in [-0.2, 0) is 0 Å². The highest BCUT2D eigenvalue weighted by molar-refractivity contribution is 5.98. The first-order valence-corrected chi connectivity index (χ1v) is 4.17. The van der Waals surface area contributed by atoms with Crippen LogP contribution in [0.5, 0.6) is 0 Å². The molecule has 0 spiro atoms. The molecule has 0 aliphatic carbocycles. The van der Waals surface area contributed by atoms with E-state index in [1.807, 2.05) is 6.07 Å². The van der Waals surface area contributed by atoms with Crippen molar-refractivity contribution in [2.75, 3.05) is 0 Å². The maximum Gasteiger partial charge on any atom is 0.281 e. The summed E-state index contributed by atoms with van der Waals surface area (Å²) >= 11 is 0. The van der Waals surface area contributed by atoms with E-state index >= 15 is 0 Å². The molecule has 76 valence electrons. The fraction of sp³-hybridized carbons (Fsp3) is 0.200. The number of carbonyl (C=O) groups excluding carboxylic acids is 1. The lowest BCUT2D eigenvalue weighted by Gasteiger charge is -2.02. The molecule has 5 nitrogen and oxygen atoms in total. The van der Waals surface area contributed by atoms with Gasteiger partial charge in [0.1, 0.15) is 0 Å². The van der Waals surface area contributed by atoms with E-state index in [0.717, 1.165) is 6.07 Å². The Morgan fingerprint density at radius 2 is 2.13 bits per heavy atom. The van der Waals surface area contributed by atoms with E-state index in [2.05, 4.69) is 0 Å². The molecule has 0 atom stereocenters. The number of Topliss-reactive ketones (excluding diaryl/α,β-unsaturated/α-hetero) is 1. The molecule has 0 heterocycles. The first-order valence-electron chi connectivity index (χ1n) is 4.17. The van der Waals surface area contributed by atoms with Gasteiger partial charge in [-0.1, -0.05) is 0 Å². The van der Waals surface area contributed by atoms with Crippen molar-refractivity contribution in [3.8, 4) is 6.07 Å². The smallest absolute Gasteiger partial charge is 0.281 e. The minimum atomic E-state index is -0.656. The van der Waals surface area contributed by atoms with Crippen LogP contribution in [0.4, 0.5) is 5.69 Å². The van der Waals surface area contributed by atoms with Crippen LogP contribution in [0.3, 0.4) is 0 Å². The number of hydrogen-bond donors (Lipinski definition) is 0. The number of hydrogen-bond acceptors (Lipinski definition) is 4. The maximum absolute atomic E-state index is 11.1. The third-order valence-electron chi connectivity index (χ3n) is 2.04. The fourth-order valence-corrected chi connectivity index (χ4v) is 1.25. The second kappa shape index (κ2) is 3.88. The predicted octanol–water partition coefficient (Wildman–Crippen LogP) is 1.98. The predicted molar refractivity (Wildman–Crippen MR) is 52.6 cm³/mol. The van der Waals surface area contributed by atoms with E-state index in [9.17, 15) is 14.9 Å². The van der Waals surface area contributed by atoms with E-state index in [1.54, 1.807) is 6.92 Å². The average Bonchev–Trinajstić information content (AvgIpc) is 2.16. The van der Waals surface area contributed by atoms with Gasteiger partial charge in [-0.2, -0.15) is 5.26 Å². The van der Waals surface area contributed by atoms with Crippen LogP contribution in [0.1, 0.15) is 28.4 Å². The van der Waals surface area contributed by atoms with Crippen molar-refractivity contribution in [3.63, 3.8) is 0 Å². The molecule has 0 aliphatic rings. The van der Waals surface area contributed by atoms with Crippen LogP contribution in [0, 0.1) is 28.4 Å². The monoisotopic (exact) mass is 204 g/mol. The van der Waals surface area contributed by atoms with Gasteiger partial charge in [-0.25, -0.2) is 0 Å². The SMILES string of the molecule is CC(=O)c1cc(C)c(C#N)cc1[N+](=O)[O-]. The molecule has 0 aliphatic heterocycles. The summed E-state index contributed by atoms with van der Waals surface area (Å²) < 4.78 is 0. The van der Waals surface area contributed by atoms with Gasteiger partial charge in [0.05, 0.1) is 22.1 Å². The van der Waals surface area contributed by atoms with Gasteiger partial charge in [-0.05, 0) is 25.5 Å². The Hall–Kier alpha value is -2.22. The Labute approximate surface area is 86.1 Å². The van der Waals surface area contributed by atoms with E-state index in [0.29, 0.717) is 5.56 Å². The third-order valence-corrected chi connectivity index (χ3v) is 2.04. The molecule has 1 rings (SSSR count). The van der Waals surface area contributed by atoms with Crippen molar-refractivity contribution in [2.24, 2.45) is 0 Å². The topological polar surface area (TPSA) is 84.0 Å². The first kappa shape index (κ1) is 10.9. The van der Waals surface area contributed by atoms with Crippen LogP contribution in [0.15, 0.2) is 12.1 Å². The van der Waals surface area contributed by atoms with Crippen LogP contribution in [0.2, 0.25) is 0 Å². The van der Waals surface area contributed by atoms with E-state index in [1.165, 1.54) is 13.0 Å². The Morgan fingerprint density at radius 3 is 2.53 bits per heavy atom. The van der Waals surface area contributed by atoms with Crippen LogP contribution in [-0.4, -0.2) is 10.7 Å². The van der Waals surface area contributed by atoms with Gasteiger partial charge in [-0.15, -0.1) is 0 Å². The minimum absolute atomic E-state index is 0.0384. The number of nitrogens with zero attached hydrogens (tertiary/aromatic N) is 2. The normalized spacial score (nSPS) is 9.40. The molecule has 0 fully saturated rings. The Bertz CT molecular complexity index is 486. The maximum atomic E-state index is 11.1. The number of ketones is 1. The zero-order valence-electron chi connectivity index (χ0n) is 8.27. The van der Waals surface area contributed by atoms with Crippen LogP contribution >= 0.6 is 0 Å². The quantitative estimate of drug-likeness (QED) is 0.418. The summed E-state index contributed by atoms with van der Waals surface area (Å²) in [6.07, 6.45) is 0. The molecule has 0 bridgehead atoms. The standard InChI is InChI=1S/C10H8N2O3/c1-6-3-9(7(2)13)10(12(14)15)4-8(6)5-11/h3-4H,1-2H3. The molecule has 0 saturated carbocycles. The first-order chi connectivity index (χ1) is 6.97. The molecule has 0 N–H and O–H groups in total. The molecule has 0 amide bonds. The summed E-state index contributed by atoms with van der Waals surface area (Å²) in [5.74, 6) is -0.380. The average molecular weight is 204 g/mol. The minimum Gasteiger partial charge on any atom is -0.294 e. The van der Waals surface area contributed by atoms with E-state index in [4.69, 9.17) is 5.26 Å². The summed E-state index contributed by atoms with van der Waals surface area (Å²) in [7, 11) is 0. The van der Waals surface area contributed by atoms with Gasteiger partial charge in [0, 0.05) is 6.07 Å². The number of carbonyl (C=O) groups is 1. The van der Waals surface area contributed by atoms with E-state index < -0.39 is 4.92 Å². The zero-order valence-corrected chi connectivity index (χ0v) is 8.27. The third kappa shape index (κ3) is 1.99. The molecule has 1 aromatic rings. The molecule has 0 saturated heterocycles. The molecule has 0 radical (unpaired) electrons. The van der Waals surface area contributed by atoms with Crippen molar-refractivity contribution < 1.29 is 9.72 Å². The molecule has 15 heavy (non-hydrogen) atoms. The zero-order chi connectivity index (χ0) is 11.6. The van der Waals surface area contributed by atoms with Crippen molar-refractivity contribution in [1.29, 1.82) is 5.26 Å². The highest BCUT2D eigenvalue weighted by Crippen LogP contribution is 2.23. The number of aryl methyl sites for hydroxylation is 1. The van der Waals surface area contributed by atoms with Crippen LogP contribution in [0.25, 0.3) is 0 Å². The second-order valence-corrected chi connectivity index (χ2v) is 3.11. The van der Waals surface area contributed by atoms with Crippen LogP contribution < -0.4 is 0 Å². The lowest BCUT2D eigenvalue weighted by molar-refractivity contribution is -0.385. The van der Waals surface area contributed by atoms with Gasteiger partial charge in [0.25, 0.3) is 5.69 Å². The van der Waals surface area contributed by atoms with E-state index in [-0.39, 0.29) is 22.6 Å². The van der Waals surface area contributed by atoms with Gasteiger partial charge < -0.3 is 0 Å². The highest BCUT2D eigenvalue weighted by atomic mass is 16.6. The Balaban J connectivity index is 3.54. The molecular weight excluding hydrogens is 196 g/mol. The summed E-state index contributed by atoms with van der Waals surface area (Å²) in [6.45, 7) is 2.89. The largest absolute Gasteiger partial charge is 0.294 e. The van der Waals surface area contributed by atoms with Crippen molar-refractivity contribution in [1.82, 2.24) is 0 Å². The number of nitriles is 1. The van der Waals surface area contributed by atoms with Gasteiger partial charge in [0.2, 0.25) is 0 Å². The summed E-state index contributed by atoms with van der Waals surface area (Å²) in [5, 5.41) is 19.3. The Kier molecular flexibility index (Phi) is 2.81. The Morgan fingerprint density at radius 1 is 1.53 bits per heavy atom. The molecule has 0 unspecified atom stereocenters. The number of nitro benzene ring substituents is 1. The summed E-state index contributed by atoms with van der Waals surface area (Å²) in [6, 6.07) is 4.35. The summed E-state index contributed by atoms with van der Waals surface area (Å²) in [4.78, 5) is 21.1. The second-order valence-electron chi connectivity index (χ2n) is 3.11. The fourth-order valence-electron chi connectivity index (χ4n) is 1.25. The van der Waals surface area contributed by atoms with Crippen molar-refractivity contribution in [3.05, 3.63) is 38.9 Å². The van der Waals surface area contributed by atoms with Gasteiger partial charge in [0.15, 0.2) is 5.78 Å². The molecule has 0 aromatic heterocycles. The van der Waals surface area contributed by atoms with Crippen molar-refractivity contribution >= 4 is 11.5 Å². The highest BCUT2D eigenvalue weighted by Gasteiger charge is 2.19. The molecule has 5 heteroatoms. The van der Waals surface area contributed by atoms with Crippen molar-refractivity contribution in [2.45, 2.75) is 13.8 Å². The summed E-state index contributed by atoms with van der Waals surface area (Å²) in [5.41, 5.74) is 0.501.